The molecule has 114 valence electrons. The normalized spacial score (nSPS) is 11.8. The molecule has 0 aliphatic rings. The van der Waals surface area contributed by atoms with Crippen LogP contribution in [0, 0.1) is 5.92 Å². The van der Waals surface area contributed by atoms with Crippen LogP contribution in [0.2, 0.25) is 0 Å². The first kappa shape index (κ1) is 20.8. The van der Waals surface area contributed by atoms with Crippen molar-refractivity contribution in [3.63, 3.8) is 0 Å². The minimum absolute atomic E-state index is 0. The van der Waals surface area contributed by atoms with Gasteiger partial charge in [0.2, 0.25) is 5.91 Å². The quantitative estimate of drug-likeness (QED) is 0.293. The molecule has 0 saturated carbocycles. The third-order valence-electron chi connectivity index (χ3n) is 2.04. The second-order valence-electron chi connectivity index (χ2n) is 5.58. The summed E-state index contributed by atoms with van der Waals surface area (Å²) in [6, 6.07) is 0. The van der Waals surface area contributed by atoms with E-state index in [1.165, 1.54) is 0 Å². The maximum absolute atomic E-state index is 11.4. The van der Waals surface area contributed by atoms with Crippen LogP contribution in [-0.4, -0.2) is 37.0 Å². The number of carbonyl (C=O) groups excluding carboxylic acids is 1. The molecule has 0 aliphatic heterocycles. The van der Waals surface area contributed by atoms with Crippen molar-refractivity contribution < 1.29 is 4.79 Å². The van der Waals surface area contributed by atoms with E-state index in [0.29, 0.717) is 13.1 Å². The van der Waals surface area contributed by atoms with E-state index in [-0.39, 0.29) is 41.3 Å². The molecule has 0 spiro atoms. The van der Waals surface area contributed by atoms with Gasteiger partial charge in [-0.15, -0.1) is 24.0 Å². The number of halogens is 1. The first-order chi connectivity index (χ1) is 8.26. The maximum atomic E-state index is 11.4. The van der Waals surface area contributed by atoms with Gasteiger partial charge in [-0.2, -0.15) is 0 Å². The summed E-state index contributed by atoms with van der Waals surface area (Å²) in [4.78, 5) is 15.8. The molecule has 0 saturated heterocycles. The Balaban J connectivity index is 0. The number of rotatable bonds is 5. The molecule has 1 amide bonds. The third-order valence-corrected chi connectivity index (χ3v) is 2.04. The van der Waals surface area contributed by atoms with Crippen LogP contribution < -0.4 is 16.0 Å². The standard InChI is InChI=1S/C13H28N4O.HI/c1-7-14-12(17-13(4,5)6)16-9-8-15-11(18)10(2)3;/h10H,7-9H2,1-6H3,(H,15,18)(H2,14,16,17);1H. The number of amides is 1. The molecule has 0 fully saturated rings. The Kier molecular flexibility index (Phi) is 11.2. The molecule has 0 rings (SSSR count). The number of nitrogens with one attached hydrogen (secondary N) is 3. The summed E-state index contributed by atoms with van der Waals surface area (Å²) in [5.74, 6) is 0.873. The number of carbonyl (C=O) groups is 1. The largest absolute Gasteiger partial charge is 0.357 e. The van der Waals surface area contributed by atoms with Gasteiger partial charge >= 0.3 is 0 Å². The predicted octanol–water partition coefficient (Wildman–Crippen LogP) is 1.73. The highest BCUT2D eigenvalue weighted by atomic mass is 127. The van der Waals surface area contributed by atoms with Crippen LogP contribution in [0.15, 0.2) is 4.99 Å². The first-order valence-corrected chi connectivity index (χ1v) is 6.60. The molecular weight excluding hydrogens is 355 g/mol. The van der Waals surface area contributed by atoms with Crippen molar-refractivity contribution in [1.29, 1.82) is 0 Å². The van der Waals surface area contributed by atoms with Crippen molar-refractivity contribution >= 4 is 35.8 Å². The molecule has 0 aromatic rings. The molecule has 0 unspecified atom stereocenters. The van der Waals surface area contributed by atoms with Gasteiger partial charge in [-0.25, -0.2) is 0 Å². The number of guanidine groups is 1. The minimum atomic E-state index is -0.0256. The van der Waals surface area contributed by atoms with Crippen molar-refractivity contribution in [2.45, 2.75) is 47.1 Å². The molecule has 0 heterocycles. The van der Waals surface area contributed by atoms with E-state index in [2.05, 4.69) is 41.7 Å². The fourth-order valence-corrected chi connectivity index (χ4v) is 1.21. The van der Waals surface area contributed by atoms with Crippen molar-refractivity contribution in [2.75, 3.05) is 19.6 Å². The van der Waals surface area contributed by atoms with Gasteiger partial charge < -0.3 is 16.0 Å². The molecule has 19 heavy (non-hydrogen) atoms. The summed E-state index contributed by atoms with van der Waals surface area (Å²) in [6.07, 6.45) is 0. The molecule has 0 aromatic heterocycles. The second-order valence-corrected chi connectivity index (χ2v) is 5.58. The maximum Gasteiger partial charge on any atom is 0.222 e. The zero-order chi connectivity index (χ0) is 14.2. The highest BCUT2D eigenvalue weighted by molar-refractivity contribution is 14.0. The summed E-state index contributed by atoms with van der Waals surface area (Å²) < 4.78 is 0. The van der Waals surface area contributed by atoms with Crippen LogP contribution >= 0.6 is 24.0 Å². The lowest BCUT2D eigenvalue weighted by molar-refractivity contribution is -0.123. The van der Waals surface area contributed by atoms with Gasteiger partial charge in [0, 0.05) is 24.5 Å². The number of hydrogen-bond acceptors (Lipinski definition) is 2. The zero-order valence-corrected chi connectivity index (χ0v) is 15.3. The second kappa shape index (κ2) is 10.3. The van der Waals surface area contributed by atoms with Crippen molar-refractivity contribution in [3.8, 4) is 0 Å². The fraction of sp³-hybridized carbons (Fsp3) is 0.846. The van der Waals surface area contributed by atoms with Gasteiger partial charge in [0.05, 0.1) is 6.54 Å². The smallest absolute Gasteiger partial charge is 0.222 e. The molecule has 0 aliphatic carbocycles. The van der Waals surface area contributed by atoms with Crippen LogP contribution in [0.5, 0.6) is 0 Å². The summed E-state index contributed by atoms with van der Waals surface area (Å²) in [5, 5.41) is 9.31. The van der Waals surface area contributed by atoms with E-state index in [1.54, 1.807) is 0 Å². The molecule has 0 aromatic carbocycles. The molecule has 0 bridgehead atoms. The Morgan fingerprint density at radius 2 is 1.79 bits per heavy atom. The van der Waals surface area contributed by atoms with E-state index in [9.17, 15) is 4.79 Å². The SMILES string of the molecule is CCNC(=NCCNC(=O)C(C)C)NC(C)(C)C.I. The van der Waals surface area contributed by atoms with E-state index < -0.39 is 0 Å². The fourth-order valence-electron chi connectivity index (χ4n) is 1.21. The Bertz CT molecular complexity index is 285. The summed E-state index contributed by atoms with van der Waals surface area (Å²) in [5.41, 5.74) is -0.0256. The molecule has 6 heteroatoms. The highest BCUT2D eigenvalue weighted by Gasteiger charge is 2.11. The number of aliphatic imine (C=N–C) groups is 1. The third kappa shape index (κ3) is 12.3. The van der Waals surface area contributed by atoms with E-state index >= 15 is 0 Å². The molecule has 3 N–H and O–H groups in total. The van der Waals surface area contributed by atoms with Gasteiger partial charge in [-0.3, -0.25) is 9.79 Å². The topological polar surface area (TPSA) is 65.5 Å². The summed E-state index contributed by atoms with van der Waals surface area (Å²) in [6.45, 7) is 14.0. The van der Waals surface area contributed by atoms with E-state index in [4.69, 9.17) is 0 Å². The molecule has 0 atom stereocenters. The number of hydrogen-bond donors (Lipinski definition) is 3. The number of nitrogens with zero attached hydrogens (tertiary/aromatic N) is 1. The van der Waals surface area contributed by atoms with Gasteiger partial charge in [-0.1, -0.05) is 13.8 Å². The highest BCUT2D eigenvalue weighted by Crippen LogP contribution is 1.97. The van der Waals surface area contributed by atoms with Gasteiger partial charge in [0.25, 0.3) is 0 Å². The van der Waals surface area contributed by atoms with Crippen molar-refractivity contribution in [2.24, 2.45) is 10.9 Å². The lowest BCUT2D eigenvalue weighted by Crippen LogP contribution is -2.47. The Hall–Kier alpha value is -0.530. The molecule has 5 nitrogen and oxygen atoms in total. The Morgan fingerprint density at radius 3 is 2.21 bits per heavy atom. The zero-order valence-electron chi connectivity index (χ0n) is 13.0. The Morgan fingerprint density at radius 1 is 1.21 bits per heavy atom. The van der Waals surface area contributed by atoms with Gasteiger partial charge in [0.15, 0.2) is 5.96 Å². The predicted molar refractivity (Wildman–Crippen MR) is 92.1 cm³/mol. The molecule has 0 radical (unpaired) electrons. The van der Waals surface area contributed by atoms with Crippen LogP contribution in [0.1, 0.15) is 41.5 Å². The minimum Gasteiger partial charge on any atom is -0.357 e. The van der Waals surface area contributed by atoms with Gasteiger partial charge in [-0.05, 0) is 27.7 Å². The monoisotopic (exact) mass is 384 g/mol. The van der Waals surface area contributed by atoms with Crippen LogP contribution in [0.3, 0.4) is 0 Å². The van der Waals surface area contributed by atoms with Crippen LogP contribution in [0.25, 0.3) is 0 Å². The van der Waals surface area contributed by atoms with Crippen molar-refractivity contribution in [3.05, 3.63) is 0 Å². The van der Waals surface area contributed by atoms with E-state index in [0.717, 1.165) is 12.5 Å². The van der Waals surface area contributed by atoms with Crippen molar-refractivity contribution in [1.82, 2.24) is 16.0 Å². The average Bonchev–Trinajstić information content (AvgIpc) is 2.21. The lowest BCUT2D eigenvalue weighted by atomic mass is 10.1. The van der Waals surface area contributed by atoms with Gasteiger partial charge in [0.1, 0.15) is 0 Å². The Labute approximate surface area is 134 Å². The molecular formula is C13H29IN4O. The van der Waals surface area contributed by atoms with E-state index in [1.807, 2.05) is 20.8 Å². The van der Waals surface area contributed by atoms with Crippen LogP contribution in [0.4, 0.5) is 0 Å². The average molecular weight is 384 g/mol. The summed E-state index contributed by atoms with van der Waals surface area (Å²) >= 11 is 0. The first-order valence-electron chi connectivity index (χ1n) is 6.60. The lowest BCUT2D eigenvalue weighted by Gasteiger charge is -2.23. The summed E-state index contributed by atoms with van der Waals surface area (Å²) in [7, 11) is 0. The van der Waals surface area contributed by atoms with Crippen LogP contribution in [-0.2, 0) is 4.79 Å².